The maximum absolute atomic E-state index is 5.31. The Hall–Kier alpha value is -1.39. The fraction of sp³-hybridized carbons (Fsp3) is 0.0833. The third-order valence-corrected chi connectivity index (χ3v) is 4.42. The number of fused-ring (bicyclic) bond motifs is 1. The van der Waals surface area contributed by atoms with Crippen molar-refractivity contribution in [1.82, 2.24) is 4.98 Å². The summed E-state index contributed by atoms with van der Waals surface area (Å²) in [6, 6.07) is 10.2. The quantitative estimate of drug-likeness (QED) is 0.682. The lowest BCUT2D eigenvalue weighted by Crippen LogP contribution is -1.81. The van der Waals surface area contributed by atoms with Gasteiger partial charge in [-0.2, -0.15) is 0 Å². The summed E-state index contributed by atoms with van der Waals surface area (Å²) in [5, 5.41) is 3.06. The Kier molecular flexibility index (Phi) is 2.38. The summed E-state index contributed by atoms with van der Waals surface area (Å²) in [7, 11) is 1.69. The van der Waals surface area contributed by atoms with Crippen molar-refractivity contribution in [2.24, 2.45) is 0 Å². The first-order chi connectivity index (χ1) is 7.88. The Morgan fingerprint density at radius 1 is 1.19 bits per heavy atom. The molecular weight excluding hydrogens is 238 g/mol. The normalized spacial score (nSPS) is 10.8. The Morgan fingerprint density at radius 2 is 2.06 bits per heavy atom. The molecule has 0 radical (unpaired) electrons. The van der Waals surface area contributed by atoms with Crippen LogP contribution in [0.5, 0.6) is 5.75 Å². The lowest BCUT2D eigenvalue weighted by molar-refractivity contribution is 0.418. The fourth-order valence-electron chi connectivity index (χ4n) is 1.58. The summed E-state index contributed by atoms with van der Waals surface area (Å²) in [4.78, 5) is 5.73. The van der Waals surface area contributed by atoms with Gasteiger partial charge in [-0.3, -0.25) is 0 Å². The number of aromatic nitrogens is 1. The number of nitrogens with zero attached hydrogens (tertiary/aromatic N) is 1. The number of para-hydroxylation sites is 1. The topological polar surface area (TPSA) is 22.1 Å². The van der Waals surface area contributed by atoms with Crippen molar-refractivity contribution < 1.29 is 4.74 Å². The van der Waals surface area contributed by atoms with Crippen molar-refractivity contribution in [3.63, 3.8) is 0 Å². The van der Waals surface area contributed by atoms with Crippen LogP contribution in [-0.2, 0) is 0 Å². The minimum atomic E-state index is 0.907. The third kappa shape index (κ3) is 1.50. The molecule has 0 bridgehead atoms. The van der Waals surface area contributed by atoms with Crippen molar-refractivity contribution in [2.45, 2.75) is 0 Å². The lowest BCUT2D eigenvalue weighted by Gasteiger charge is -1.97. The van der Waals surface area contributed by atoms with E-state index in [0.29, 0.717) is 0 Å². The van der Waals surface area contributed by atoms with E-state index in [-0.39, 0.29) is 0 Å². The van der Waals surface area contributed by atoms with E-state index in [9.17, 15) is 0 Å². The van der Waals surface area contributed by atoms with Crippen molar-refractivity contribution in [1.29, 1.82) is 0 Å². The summed E-state index contributed by atoms with van der Waals surface area (Å²) in [6.45, 7) is 0. The molecule has 3 aromatic rings. The van der Waals surface area contributed by atoms with Gasteiger partial charge < -0.3 is 4.74 Å². The van der Waals surface area contributed by atoms with Crippen LogP contribution in [0.2, 0.25) is 0 Å². The van der Waals surface area contributed by atoms with Gasteiger partial charge in [-0.15, -0.1) is 22.7 Å². The summed E-state index contributed by atoms with van der Waals surface area (Å²) < 4.78 is 6.53. The molecule has 0 saturated heterocycles. The van der Waals surface area contributed by atoms with E-state index in [2.05, 4.69) is 11.1 Å². The highest BCUT2D eigenvalue weighted by Gasteiger charge is 2.11. The second kappa shape index (κ2) is 3.88. The predicted octanol–water partition coefficient (Wildman–Crippen LogP) is 4.03. The van der Waals surface area contributed by atoms with E-state index in [1.54, 1.807) is 29.8 Å². The van der Waals surface area contributed by atoms with Gasteiger partial charge in [0, 0.05) is 0 Å². The lowest BCUT2D eigenvalue weighted by atomic mass is 10.3. The van der Waals surface area contributed by atoms with E-state index in [4.69, 9.17) is 4.74 Å². The van der Waals surface area contributed by atoms with Gasteiger partial charge in [0.05, 0.1) is 17.3 Å². The Balaban J connectivity index is 2.19. The number of rotatable bonds is 2. The molecule has 2 aromatic heterocycles. The standard InChI is InChI=1S/C12H9NOS2/c1-14-9-6-7-15-11(9)12-13-8-4-2-3-5-10(8)16-12/h2-7H,1H3. The molecule has 1 aromatic carbocycles. The number of thiazole rings is 1. The molecule has 0 aliphatic carbocycles. The van der Waals surface area contributed by atoms with E-state index in [1.807, 2.05) is 29.6 Å². The molecule has 2 heterocycles. The Morgan fingerprint density at radius 3 is 2.88 bits per heavy atom. The van der Waals surface area contributed by atoms with Crippen LogP contribution < -0.4 is 4.74 Å². The highest BCUT2D eigenvalue weighted by Crippen LogP contribution is 2.39. The van der Waals surface area contributed by atoms with E-state index in [1.165, 1.54) is 4.70 Å². The van der Waals surface area contributed by atoms with Crippen molar-refractivity contribution in [2.75, 3.05) is 7.11 Å². The first-order valence-electron chi connectivity index (χ1n) is 4.86. The summed E-state index contributed by atoms with van der Waals surface area (Å²) >= 11 is 3.37. The van der Waals surface area contributed by atoms with Crippen LogP contribution in [-0.4, -0.2) is 12.1 Å². The van der Waals surface area contributed by atoms with E-state index in [0.717, 1.165) is 21.2 Å². The van der Waals surface area contributed by atoms with E-state index < -0.39 is 0 Å². The second-order valence-corrected chi connectivity index (χ2v) is 5.25. The number of hydrogen-bond acceptors (Lipinski definition) is 4. The number of benzene rings is 1. The average Bonchev–Trinajstić information content (AvgIpc) is 2.94. The van der Waals surface area contributed by atoms with Crippen LogP contribution in [0.3, 0.4) is 0 Å². The predicted molar refractivity (Wildman–Crippen MR) is 69.5 cm³/mol. The molecule has 0 fully saturated rings. The fourth-order valence-corrected chi connectivity index (χ4v) is 3.50. The van der Waals surface area contributed by atoms with Crippen LogP contribution in [0.15, 0.2) is 35.7 Å². The first-order valence-corrected chi connectivity index (χ1v) is 6.55. The molecule has 0 spiro atoms. The van der Waals surface area contributed by atoms with Gasteiger partial charge in [-0.05, 0) is 23.6 Å². The molecule has 16 heavy (non-hydrogen) atoms. The maximum atomic E-state index is 5.31. The molecule has 0 aliphatic heterocycles. The molecule has 0 saturated carbocycles. The molecule has 0 N–H and O–H groups in total. The zero-order valence-corrected chi connectivity index (χ0v) is 10.3. The molecule has 0 amide bonds. The summed E-state index contributed by atoms with van der Waals surface area (Å²) in [5.41, 5.74) is 1.05. The van der Waals surface area contributed by atoms with Crippen LogP contribution in [0.25, 0.3) is 20.1 Å². The zero-order valence-electron chi connectivity index (χ0n) is 8.64. The maximum Gasteiger partial charge on any atom is 0.139 e. The first kappa shape index (κ1) is 9.81. The highest BCUT2D eigenvalue weighted by molar-refractivity contribution is 7.25. The zero-order chi connectivity index (χ0) is 11.0. The van der Waals surface area contributed by atoms with Crippen molar-refractivity contribution in [3.8, 4) is 15.6 Å². The minimum absolute atomic E-state index is 0.907. The number of thiophene rings is 1. The van der Waals surface area contributed by atoms with E-state index >= 15 is 0 Å². The SMILES string of the molecule is COc1ccsc1-c1nc2ccccc2s1. The van der Waals surface area contributed by atoms with Gasteiger partial charge in [0.25, 0.3) is 0 Å². The summed E-state index contributed by atoms with van der Waals surface area (Å²) in [6.07, 6.45) is 0. The molecule has 0 atom stereocenters. The highest BCUT2D eigenvalue weighted by atomic mass is 32.1. The largest absolute Gasteiger partial charge is 0.495 e. The van der Waals surface area contributed by atoms with Crippen LogP contribution in [0.4, 0.5) is 0 Å². The monoisotopic (exact) mass is 247 g/mol. The van der Waals surface area contributed by atoms with Crippen molar-refractivity contribution in [3.05, 3.63) is 35.7 Å². The second-order valence-electron chi connectivity index (χ2n) is 3.30. The van der Waals surface area contributed by atoms with Gasteiger partial charge in [0.1, 0.15) is 15.6 Å². The minimum Gasteiger partial charge on any atom is -0.495 e. The van der Waals surface area contributed by atoms with Gasteiger partial charge in [-0.1, -0.05) is 12.1 Å². The van der Waals surface area contributed by atoms with Gasteiger partial charge in [-0.25, -0.2) is 4.98 Å². The average molecular weight is 247 g/mol. The molecule has 0 aliphatic rings. The molecule has 80 valence electrons. The number of methoxy groups -OCH3 is 1. The third-order valence-electron chi connectivity index (χ3n) is 2.34. The Labute approximate surface area is 101 Å². The number of hydrogen-bond donors (Lipinski definition) is 0. The van der Waals surface area contributed by atoms with Gasteiger partial charge in [0.2, 0.25) is 0 Å². The molecule has 0 unspecified atom stereocenters. The van der Waals surface area contributed by atoms with Gasteiger partial charge >= 0.3 is 0 Å². The molecular formula is C12H9NOS2. The molecule has 2 nitrogen and oxygen atoms in total. The van der Waals surface area contributed by atoms with Crippen LogP contribution in [0.1, 0.15) is 0 Å². The molecule has 4 heteroatoms. The van der Waals surface area contributed by atoms with Crippen LogP contribution in [0, 0.1) is 0 Å². The van der Waals surface area contributed by atoms with Gasteiger partial charge in [0.15, 0.2) is 0 Å². The van der Waals surface area contributed by atoms with Crippen LogP contribution >= 0.6 is 22.7 Å². The molecule has 3 rings (SSSR count). The Bertz CT molecular complexity index is 594. The van der Waals surface area contributed by atoms with Crippen molar-refractivity contribution >= 4 is 32.9 Å². The summed E-state index contributed by atoms with van der Waals surface area (Å²) in [5.74, 6) is 0.907. The smallest absolute Gasteiger partial charge is 0.139 e. The number of ether oxygens (including phenoxy) is 1.